The Morgan fingerprint density at radius 2 is 1.85 bits per heavy atom. The molecule has 1 aliphatic rings. The summed E-state index contributed by atoms with van der Waals surface area (Å²) in [6, 6.07) is 7.08. The van der Waals surface area contributed by atoms with Gasteiger partial charge in [-0.25, -0.2) is 8.78 Å². The molecule has 1 fully saturated rings. The highest BCUT2D eigenvalue weighted by Crippen LogP contribution is 2.34. The van der Waals surface area contributed by atoms with Gasteiger partial charge in [0, 0.05) is 18.9 Å². The lowest BCUT2D eigenvalue weighted by molar-refractivity contribution is -0.113. The van der Waals surface area contributed by atoms with Crippen molar-refractivity contribution in [1.82, 2.24) is 0 Å². The Hall–Kier alpha value is -1.91. The molecule has 2 N–H and O–H groups in total. The Labute approximate surface area is 116 Å². The SMILES string of the molecule is NC(=O)C=Cc1ccc(OC2CCC(F)(F)CC2)cc1. The molecule has 0 aromatic heterocycles. The molecule has 2 rings (SSSR count). The van der Waals surface area contributed by atoms with Crippen LogP contribution in [0.15, 0.2) is 30.3 Å². The van der Waals surface area contributed by atoms with Crippen LogP contribution < -0.4 is 10.5 Å². The van der Waals surface area contributed by atoms with E-state index in [9.17, 15) is 13.6 Å². The van der Waals surface area contributed by atoms with Gasteiger partial charge in [-0.2, -0.15) is 0 Å². The van der Waals surface area contributed by atoms with Crippen LogP contribution in [0.1, 0.15) is 31.2 Å². The van der Waals surface area contributed by atoms with Crippen LogP contribution in [0.3, 0.4) is 0 Å². The zero-order valence-corrected chi connectivity index (χ0v) is 11.0. The van der Waals surface area contributed by atoms with Gasteiger partial charge in [0.1, 0.15) is 5.75 Å². The van der Waals surface area contributed by atoms with Crippen molar-refractivity contribution < 1.29 is 18.3 Å². The maximum Gasteiger partial charge on any atom is 0.248 e. The van der Waals surface area contributed by atoms with Crippen molar-refractivity contribution in [3.05, 3.63) is 35.9 Å². The summed E-state index contributed by atoms with van der Waals surface area (Å²) >= 11 is 0. The summed E-state index contributed by atoms with van der Waals surface area (Å²) in [4.78, 5) is 10.6. The third-order valence-corrected chi connectivity index (χ3v) is 3.29. The number of amides is 1. The lowest BCUT2D eigenvalue weighted by Gasteiger charge is -2.28. The number of hydrogen-bond donors (Lipinski definition) is 1. The number of carbonyl (C=O) groups excluding carboxylic acids is 1. The third-order valence-electron chi connectivity index (χ3n) is 3.29. The molecule has 3 nitrogen and oxygen atoms in total. The van der Waals surface area contributed by atoms with Gasteiger partial charge in [-0.1, -0.05) is 12.1 Å². The molecular formula is C15H17F2NO2. The van der Waals surface area contributed by atoms with Crippen molar-refractivity contribution in [3.63, 3.8) is 0 Å². The summed E-state index contributed by atoms with van der Waals surface area (Å²) in [6.45, 7) is 0. The van der Waals surface area contributed by atoms with Gasteiger partial charge in [0.25, 0.3) is 0 Å². The summed E-state index contributed by atoms with van der Waals surface area (Å²) in [5.41, 5.74) is 5.83. The molecule has 1 saturated carbocycles. The highest BCUT2D eigenvalue weighted by Gasteiger charge is 2.35. The Kier molecular flexibility index (Phi) is 4.37. The number of carbonyl (C=O) groups is 1. The molecular weight excluding hydrogens is 264 g/mol. The number of alkyl halides is 2. The van der Waals surface area contributed by atoms with Crippen molar-refractivity contribution in [3.8, 4) is 5.75 Å². The highest BCUT2D eigenvalue weighted by atomic mass is 19.3. The van der Waals surface area contributed by atoms with Crippen molar-refractivity contribution in [2.24, 2.45) is 5.73 Å². The largest absolute Gasteiger partial charge is 0.490 e. The van der Waals surface area contributed by atoms with Crippen molar-refractivity contribution >= 4 is 12.0 Å². The van der Waals surface area contributed by atoms with Gasteiger partial charge in [0.05, 0.1) is 6.10 Å². The molecule has 5 heteroatoms. The first-order valence-corrected chi connectivity index (χ1v) is 6.57. The van der Waals surface area contributed by atoms with Gasteiger partial charge in [-0.3, -0.25) is 4.79 Å². The van der Waals surface area contributed by atoms with E-state index in [1.165, 1.54) is 6.08 Å². The zero-order valence-electron chi connectivity index (χ0n) is 11.0. The zero-order chi connectivity index (χ0) is 14.6. The van der Waals surface area contributed by atoms with E-state index in [4.69, 9.17) is 10.5 Å². The highest BCUT2D eigenvalue weighted by molar-refractivity contribution is 5.90. The first kappa shape index (κ1) is 14.5. The molecule has 0 spiro atoms. The van der Waals surface area contributed by atoms with Crippen LogP contribution in [-0.2, 0) is 4.79 Å². The van der Waals surface area contributed by atoms with E-state index in [1.807, 2.05) is 0 Å². The molecule has 108 valence electrons. The van der Waals surface area contributed by atoms with E-state index in [2.05, 4.69) is 0 Å². The number of primary amides is 1. The molecule has 1 aliphatic carbocycles. The van der Waals surface area contributed by atoms with Gasteiger partial charge < -0.3 is 10.5 Å². The predicted molar refractivity (Wildman–Crippen MR) is 72.5 cm³/mol. The average Bonchev–Trinajstić information content (AvgIpc) is 2.40. The Morgan fingerprint density at radius 1 is 1.25 bits per heavy atom. The van der Waals surface area contributed by atoms with E-state index in [0.717, 1.165) is 5.56 Å². The van der Waals surface area contributed by atoms with Gasteiger partial charge in [-0.15, -0.1) is 0 Å². The summed E-state index contributed by atoms with van der Waals surface area (Å²) in [7, 11) is 0. The second-order valence-corrected chi connectivity index (χ2v) is 4.98. The van der Waals surface area contributed by atoms with Crippen LogP contribution in [0.25, 0.3) is 6.08 Å². The summed E-state index contributed by atoms with van der Waals surface area (Å²) in [6.07, 6.45) is 3.24. The predicted octanol–water partition coefficient (Wildman–Crippen LogP) is 3.14. The number of nitrogens with two attached hydrogens (primary N) is 1. The smallest absolute Gasteiger partial charge is 0.248 e. The summed E-state index contributed by atoms with van der Waals surface area (Å²) in [5, 5.41) is 0. The van der Waals surface area contributed by atoms with Crippen LogP contribution in [0.5, 0.6) is 5.75 Å². The molecule has 1 amide bonds. The van der Waals surface area contributed by atoms with E-state index >= 15 is 0 Å². The molecule has 0 atom stereocenters. The van der Waals surface area contributed by atoms with Crippen molar-refractivity contribution in [1.29, 1.82) is 0 Å². The third kappa shape index (κ3) is 4.33. The fourth-order valence-corrected chi connectivity index (χ4v) is 2.16. The number of benzene rings is 1. The van der Waals surface area contributed by atoms with E-state index in [1.54, 1.807) is 30.3 Å². The summed E-state index contributed by atoms with van der Waals surface area (Å²) in [5.74, 6) is -2.39. The van der Waals surface area contributed by atoms with Crippen LogP contribution >= 0.6 is 0 Å². The minimum absolute atomic E-state index is 0.114. The fourth-order valence-electron chi connectivity index (χ4n) is 2.16. The molecule has 20 heavy (non-hydrogen) atoms. The number of rotatable bonds is 4. The van der Waals surface area contributed by atoms with E-state index < -0.39 is 11.8 Å². The normalized spacial score (nSPS) is 19.1. The van der Waals surface area contributed by atoms with Crippen LogP contribution in [0.4, 0.5) is 8.78 Å². The molecule has 0 saturated heterocycles. The monoisotopic (exact) mass is 281 g/mol. The standard InChI is InChI=1S/C15H17F2NO2/c16-15(17)9-7-13(8-10-15)20-12-4-1-11(2-5-12)3-6-14(18)19/h1-6,13H,7-10H2,(H2,18,19). The van der Waals surface area contributed by atoms with Gasteiger partial charge >= 0.3 is 0 Å². The Bertz CT molecular complexity index is 487. The number of ether oxygens (including phenoxy) is 1. The minimum atomic E-state index is -2.54. The van der Waals surface area contributed by atoms with E-state index in [0.29, 0.717) is 18.6 Å². The molecule has 0 radical (unpaired) electrons. The minimum Gasteiger partial charge on any atom is -0.490 e. The fraction of sp³-hybridized carbons (Fsp3) is 0.400. The lowest BCUT2D eigenvalue weighted by Crippen LogP contribution is -2.30. The molecule has 0 heterocycles. The van der Waals surface area contributed by atoms with Gasteiger partial charge in [0.15, 0.2) is 0 Å². The van der Waals surface area contributed by atoms with Crippen LogP contribution in [0.2, 0.25) is 0 Å². The van der Waals surface area contributed by atoms with Gasteiger partial charge in [0.2, 0.25) is 11.8 Å². The van der Waals surface area contributed by atoms with Crippen LogP contribution in [0, 0.1) is 0 Å². The van der Waals surface area contributed by atoms with Crippen molar-refractivity contribution in [2.75, 3.05) is 0 Å². The Balaban J connectivity index is 1.90. The first-order valence-electron chi connectivity index (χ1n) is 6.57. The topological polar surface area (TPSA) is 52.3 Å². The second-order valence-electron chi connectivity index (χ2n) is 4.98. The quantitative estimate of drug-likeness (QED) is 0.862. The molecule has 0 aliphatic heterocycles. The van der Waals surface area contributed by atoms with Crippen LogP contribution in [-0.4, -0.2) is 17.9 Å². The Morgan fingerprint density at radius 3 is 2.40 bits per heavy atom. The maximum absolute atomic E-state index is 13.0. The summed E-state index contributed by atoms with van der Waals surface area (Å²) < 4.78 is 31.7. The number of hydrogen-bond acceptors (Lipinski definition) is 2. The average molecular weight is 281 g/mol. The molecule has 1 aromatic carbocycles. The lowest BCUT2D eigenvalue weighted by atomic mass is 9.94. The molecule has 0 unspecified atom stereocenters. The van der Waals surface area contributed by atoms with Gasteiger partial charge in [-0.05, 0) is 36.6 Å². The molecule has 1 aromatic rings. The first-order chi connectivity index (χ1) is 9.44. The van der Waals surface area contributed by atoms with E-state index in [-0.39, 0.29) is 18.9 Å². The number of halogens is 2. The van der Waals surface area contributed by atoms with Crippen molar-refractivity contribution in [2.45, 2.75) is 37.7 Å². The molecule has 0 bridgehead atoms. The maximum atomic E-state index is 13.0. The second kappa shape index (κ2) is 6.03.